The first-order valence-electron chi connectivity index (χ1n) is 8.42. The van der Waals surface area contributed by atoms with Crippen LogP contribution in [0.5, 0.6) is 0 Å². The van der Waals surface area contributed by atoms with Gasteiger partial charge in [0, 0.05) is 31.9 Å². The maximum Gasteiger partial charge on any atom is 0.191 e. The normalized spacial score (nSPS) is 15.7. The van der Waals surface area contributed by atoms with Crippen molar-refractivity contribution in [2.45, 2.75) is 31.2 Å². The van der Waals surface area contributed by atoms with E-state index in [0.717, 1.165) is 35.3 Å². The van der Waals surface area contributed by atoms with Crippen LogP contribution in [0.3, 0.4) is 0 Å². The first-order valence-corrected chi connectivity index (χ1v) is 9.81. The summed E-state index contributed by atoms with van der Waals surface area (Å²) in [6, 6.07) is 5.54. The first kappa shape index (κ1) is 22.5. The smallest absolute Gasteiger partial charge is 0.191 e. The number of nitrogens with zero attached hydrogens (tertiary/aromatic N) is 2. The highest BCUT2D eigenvalue weighted by molar-refractivity contribution is 14.0. The van der Waals surface area contributed by atoms with Crippen LogP contribution in [0.1, 0.15) is 24.0 Å². The van der Waals surface area contributed by atoms with Gasteiger partial charge >= 0.3 is 0 Å². The lowest BCUT2D eigenvalue weighted by Crippen LogP contribution is -2.45. The van der Waals surface area contributed by atoms with Crippen LogP contribution in [0.25, 0.3) is 0 Å². The molecule has 4 nitrogen and oxygen atoms in total. The molecule has 25 heavy (non-hydrogen) atoms. The highest BCUT2D eigenvalue weighted by Crippen LogP contribution is 2.34. The number of hydrogen-bond donors (Lipinski definition) is 2. The Kier molecular flexibility index (Phi) is 10.1. The molecule has 1 unspecified atom stereocenters. The van der Waals surface area contributed by atoms with E-state index in [9.17, 15) is 4.39 Å². The Morgan fingerprint density at radius 1 is 1.32 bits per heavy atom. The molecule has 1 aliphatic rings. The second-order valence-corrected chi connectivity index (χ2v) is 7.39. The molecule has 1 aromatic rings. The number of nitrogens with one attached hydrogen (secondary N) is 2. The molecule has 2 rings (SSSR count). The average molecular weight is 480 g/mol. The zero-order chi connectivity index (χ0) is 17.5. The molecule has 0 bridgehead atoms. The fraction of sp³-hybridized carbons (Fsp3) is 0.611. The molecule has 1 aromatic carbocycles. The van der Waals surface area contributed by atoms with Gasteiger partial charge in [-0.05, 0) is 62.4 Å². The van der Waals surface area contributed by atoms with Crippen LogP contribution < -0.4 is 10.6 Å². The topological polar surface area (TPSA) is 39.7 Å². The van der Waals surface area contributed by atoms with Gasteiger partial charge in [-0.1, -0.05) is 6.07 Å². The Labute approximate surface area is 172 Å². The highest BCUT2D eigenvalue weighted by atomic mass is 127. The van der Waals surface area contributed by atoms with E-state index in [2.05, 4.69) is 34.6 Å². The minimum Gasteiger partial charge on any atom is -0.355 e. The molecule has 0 amide bonds. The first-order chi connectivity index (χ1) is 11.5. The van der Waals surface area contributed by atoms with E-state index in [1.807, 2.05) is 12.3 Å². The molecule has 0 saturated heterocycles. The van der Waals surface area contributed by atoms with E-state index in [4.69, 9.17) is 0 Å². The van der Waals surface area contributed by atoms with Crippen LogP contribution in [0.2, 0.25) is 0 Å². The zero-order valence-electron chi connectivity index (χ0n) is 15.5. The Hall–Kier alpha value is -0.540. The predicted molar refractivity (Wildman–Crippen MR) is 117 cm³/mol. The third-order valence-corrected chi connectivity index (χ3v) is 5.05. The molecule has 7 heteroatoms. The maximum absolute atomic E-state index is 13.4. The van der Waals surface area contributed by atoms with E-state index in [-0.39, 0.29) is 29.8 Å². The summed E-state index contributed by atoms with van der Waals surface area (Å²) in [7, 11) is 6.05. The zero-order valence-corrected chi connectivity index (χ0v) is 18.7. The summed E-state index contributed by atoms with van der Waals surface area (Å²) in [6.45, 7) is 1.53. The predicted octanol–water partition coefficient (Wildman–Crippen LogP) is 3.31. The van der Waals surface area contributed by atoms with Gasteiger partial charge in [0.05, 0.1) is 0 Å². The molecule has 1 saturated carbocycles. The standard InChI is InChI=1S/C18H29FN4S.HI/c1-20-18(22-11-17(23(2)3)13-5-6-13)21-10-14-7-8-16(19)9-15(14)12-24-4;/h7-9,13,17H,5-6,10-12H2,1-4H3,(H2,20,21,22);1H. The van der Waals surface area contributed by atoms with Crippen LogP contribution in [-0.4, -0.2) is 50.8 Å². The van der Waals surface area contributed by atoms with E-state index < -0.39 is 0 Å². The molecule has 0 aliphatic heterocycles. The van der Waals surface area contributed by atoms with Crippen molar-refractivity contribution in [3.05, 3.63) is 35.1 Å². The number of halogens is 2. The molecule has 1 fully saturated rings. The van der Waals surface area contributed by atoms with Crippen molar-refractivity contribution < 1.29 is 4.39 Å². The summed E-state index contributed by atoms with van der Waals surface area (Å²) in [4.78, 5) is 6.59. The van der Waals surface area contributed by atoms with E-state index in [1.165, 1.54) is 18.9 Å². The van der Waals surface area contributed by atoms with Crippen LogP contribution in [0.15, 0.2) is 23.2 Å². The SMILES string of the molecule is CN=C(NCc1ccc(F)cc1CSC)NCC(C1CC1)N(C)C.I. The molecular weight excluding hydrogens is 450 g/mol. The summed E-state index contributed by atoms with van der Waals surface area (Å²) >= 11 is 1.70. The molecule has 0 heterocycles. The fourth-order valence-corrected chi connectivity index (χ4v) is 3.49. The summed E-state index contributed by atoms with van der Waals surface area (Å²) in [5.74, 6) is 2.23. The molecule has 1 aliphatic carbocycles. The van der Waals surface area contributed by atoms with Gasteiger partial charge in [0.15, 0.2) is 5.96 Å². The van der Waals surface area contributed by atoms with Crippen molar-refractivity contribution in [3.63, 3.8) is 0 Å². The monoisotopic (exact) mass is 480 g/mol. The van der Waals surface area contributed by atoms with Crippen LogP contribution >= 0.6 is 35.7 Å². The highest BCUT2D eigenvalue weighted by Gasteiger charge is 2.32. The van der Waals surface area contributed by atoms with Gasteiger partial charge in [-0.15, -0.1) is 24.0 Å². The van der Waals surface area contributed by atoms with Gasteiger partial charge in [-0.3, -0.25) is 4.99 Å². The summed E-state index contributed by atoms with van der Waals surface area (Å²) < 4.78 is 13.4. The quantitative estimate of drug-likeness (QED) is 0.340. The molecule has 1 atom stereocenters. The Morgan fingerprint density at radius 3 is 2.60 bits per heavy atom. The second kappa shape index (κ2) is 11.2. The minimum atomic E-state index is -0.177. The molecule has 142 valence electrons. The number of thioether (sulfide) groups is 1. The van der Waals surface area contributed by atoms with E-state index in [0.29, 0.717) is 12.6 Å². The second-order valence-electron chi connectivity index (χ2n) is 6.52. The fourth-order valence-electron chi connectivity index (χ4n) is 2.91. The Bertz CT molecular complexity index is 562. The van der Waals surface area contributed by atoms with Crippen molar-refractivity contribution in [2.75, 3.05) is 33.9 Å². The maximum atomic E-state index is 13.4. The Balaban J connectivity index is 0.00000312. The third-order valence-electron chi connectivity index (χ3n) is 4.45. The number of guanidine groups is 1. The molecule has 0 aromatic heterocycles. The van der Waals surface area contributed by atoms with Crippen molar-refractivity contribution >= 4 is 41.7 Å². The molecule has 0 spiro atoms. The van der Waals surface area contributed by atoms with Crippen LogP contribution in [-0.2, 0) is 12.3 Å². The van der Waals surface area contributed by atoms with Crippen molar-refractivity contribution in [3.8, 4) is 0 Å². The summed E-state index contributed by atoms with van der Waals surface area (Å²) in [6.07, 6.45) is 4.68. The number of likely N-dealkylation sites (N-methyl/N-ethyl adjacent to an activating group) is 1. The lowest BCUT2D eigenvalue weighted by atomic mass is 10.1. The van der Waals surface area contributed by atoms with Crippen molar-refractivity contribution in [1.29, 1.82) is 0 Å². The Morgan fingerprint density at radius 2 is 2.04 bits per heavy atom. The third kappa shape index (κ3) is 7.30. The largest absolute Gasteiger partial charge is 0.355 e. The minimum absolute atomic E-state index is 0. The number of rotatable bonds is 8. The van der Waals surface area contributed by atoms with Gasteiger partial charge in [0.25, 0.3) is 0 Å². The van der Waals surface area contributed by atoms with Crippen LogP contribution in [0.4, 0.5) is 4.39 Å². The summed E-state index contributed by atoms with van der Waals surface area (Å²) in [5, 5.41) is 6.77. The van der Waals surface area contributed by atoms with Gasteiger partial charge in [0.2, 0.25) is 0 Å². The van der Waals surface area contributed by atoms with E-state index in [1.54, 1.807) is 24.9 Å². The van der Waals surface area contributed by atoms with E-state index >= 15 is 0 Å². The molecule has 0 radical (unpaired) electrons. The average Bonchev–Trinajstić information content (AvgIpc) is 3.37. The lowest BCUT2D eigenvalue weighted by molar-refractivity contribution is 0.264. The number of aliphatic imine (C=N–C) groups is 1. The summed E-state index contributed by atoms with van der Waals surface area (Å²) in [5.41, 5.74) is 2.15. The van der Waals surface area contributed by atoms with Crippen molar-refractivity contribution in [1.82, 2.24) is 15.5 Å². The van der Waals surface area contributed by atoms with Crippen LogP contribution in [0, 0.1) is 11.7 Å². The van der Waals surface area contributed by atoms with Gasteiger partial charge in [-0.2, -0.15) is 11.8 Å². The molecular formula is C18H30FIN4S. The van der Waals surface area contributed by atoms with Gasteiger partial charge in [0.1, 0.15) is 5.82 Å². The number of benzene rings is 1. The molecule has 2 N–H and O–H groups in total. The van der Waals surface area contributed by atoms with Gasteiger partial charge in [-0.25, -0.2) is 4.39 Å². The van der Waals surface area contributed by atoms with Gasteiger partial charge < -0.3 is 15.5 Å². The lowest BCUT2D eigenvalue weighted by Gasteiger charge is -2.25. The number of hydrogen-bond acceptors (Lipinski definition) is 3. The van der Waals surface area contributed by atoms with Crippen molar-refractivity contribution in [2.24, 2.45) is 10.9 Å².